The number of carbonyl (C=O) groups is 1. The minimum atomic E-state index is -0.509. The summed E-state index contributed by atoms with van der Waals surface area (Å²) < 4.78 is 11.5. The van der Waals surface area contributed by atoms with Crippen LogP contribution in [0, 0.1) is 0 Å². The van der Waals surface area contributed by atoms with Gasteiger partial charge >= 0.3 is 0 Å². The van der Waals surface area contributed by atoms with E-state index in [9.17, 15) is 20.1 Å². The van der Waals surface area contributed by atoms with E-state index < -0.39 is 6.10 Å². The van der Waals surface area contributed by atoms with Crippen molar-refractivity contribution in [2.75, 3.05) is 26.6 Å². The second kappa shape index (κ2) is 13.6. The third-order valence-electron chi connectivity index (χ3n) is 6.77. The molecule has 0 aliphatic carbocycles. The molecule has 2 atom stereocenters. The summed E-state index contributed by atoms with van der Waals surface area (Å²) in [5.41, 5.74) is 3.53. The van der Waals surface area contributed by atoms with Crippen LogP contribution in [0.1, 0.15) is 36.8 Å². The molecule has 0 fully saturated rings. The largest absolute Gasteiger partial charge is 0.508 e. The van der Waals surface area contributed by atoms with Gasteiger partial charge in [-0.3, -0.25) is 10.1 Å². The SMILES string of the molecule is CNCO[C@H]1CC[C@H](O)CSSCc2c(ccc3ccc(O)cc23)-c2c(ccc(O)c2OC)CCC(=O)C1. The third-order valence-corrected chi connectivity index (χ3v) is 9.13. The zero-order valence-electron chi connectivity index (χ0n) is 21.7. The van der Waals surface area contributed by atoms with Gasteiger partial charge in [-0.2, -0.15) is 0 Å². The molecule has 1 heterocycles. The maximum absolute atomic E-state index is 13.0. The third kappa shape index (κ3) is 6.95. The van der Waals surface area contributed by atoms with Crippen LogP contribution in [0.4, 0.5) is 0 Å². The maximum Gasteiger partial charge on any atom is 0.168 e. The monoisotopic (exact) mass is 557 g/mol. The van der Waals surface area contributed by atoms with Crippen molar-refractivity contribution in [2.45, 2.75) is 50.1 Å². The predicted molar refractivity (Wildman–Crippen MR) is 155 cm³/mol. The minimum absolute atomic E-state index is 0.0274. The van der Waals surface area contributed by atoms with E-state index in [1.54, 1.807) is 46.8 Å². The normalized spacial score (nSPS) is 19.6. The summed E-state index contributed by atoms with van der Waals surface area (Å²) in [6.45, 7) is 0.345. The minimum Gasteiger partial charge on any atom is -0.508 e. The lowest BCUT2D eigenvalue weighted by atomic mass is 9.89. The molecule has 7 nitrogen and oxygen atoms in total. The molecular formula is C29H35NO6S2. The van der Waals surface area contributed by atoms with Crippen molar-refractivity contribution in [3.8, 4) is 28.4 Å². The highest BCUT2D eigenvalue weighted by molar-refractivity contribution is 8.76. The molecule has 0 amide bonds. The van der Waals surface area contributed by atoms with Gasteiger partial charge in [-0.25, -0.2) is 0 Å². The Hall–Kier alpha value is -2.43. The van der Waals surface area contributed by atoms with Crippen molar-refractivity contribution in [2.24, 2.45) is 0 Å². The highest BCUT2D eigenvalue weighted by atomic mass is 33.1. The molecule has 38 heavy (non-hydrogen) atoms. The lowest BCUT2D eigenvalue weighted by molar-refractivity contribution is -0.122. The van der Waals surface area contributed by atoms with Gasteiger partial charge in [0, 0.05) is 29.9 Å². The fraction of sp³-hybridized carbons (Fsp3) is 0.414. The highest BCUT2D eigenvalue weighted by Gasteiger charge is 2.23. The Morgan fingerprint density at radius 3 is 2.66 bits per heavy atom. The number of rotatable bonds is 4. The molecule has 3 aromatic carbocycles. The Morgan fingerprint density at radius 2 is 1.87 bits per heavy atom. The molecule has 1 aliphatic rings. The van der Waals surface area contributed by atoms with E-state index in [-0.39, 0.29) is 29.8 Å². The number of aryl methyl sites for hydroxylation is 1. The van der Waals surface area contributed by atoms with Gasteiger partial charge in [-0.15, -0.1) is 0 Å². The number of nitrogens with one attached hydrogen (secondary N) is 1. The number of methoxy groups -OCH3 is 1. The van der Waals surface area contributed by atoms with Crippen molar-refractivity contribution in [3.05, 3.63) is 53.6 Å². The van der Waals surface area contributed by atoms with Crippen LogP contribution < -0.4 is 10.1 Å². The number of benzene rings is 3. The second-order valence-electron chi connectivity index (χ2n) is 9.46. The molecule has 0 saturated carbocycles. The Bertz CT molecular complexity index is 1270. The summed E-state index contributed by atoms with van der Waals surface area (Å²) >= 11 is 0. The smallest absolute Gasteiger partial charge is 0.168 e. The standard InChI is InChI=1S/C29H35NO6S2/c1-30-17-36-23-10-9-22(33)15-37-38-16-26-24(11-5-18-3-7-21(32)14-25(18)26)28-19(4-8-20(31)13-23)6-12-27(34)29(28)35-2/h3,5-7,11-12,14,22-23,30,32-34H,4,8-10,13,15-17H2,1-2H3/t22-,23-/m0/s1. The number of phenolic OH excluding ortho intramolecular Hbond substituents is 2. The van der Waals surface area contributed by atoms with Crippen LogP contribution in [-0.4, -0.2) is 60.0 Å². The molecule has 0 unspecified atom stereocenters. The summed E-state index contributed by atoms with van der Waals surface area (Å²) in [5, 5.41) is 36.4. The van der Waals surface area contributed by atoms with Gasteiger partial charge in [0.1, 0.15) is 11.5 Å². The molecule has 0 spiro atoms. The van der Waals surface area contributed by atoms with Crippen LogP contribution in [0.5, 0.6) is 17.2 Å². The van der Waals surface area contributed by atoms with E-state index in [4.69, 9.17) is 9.47 Å². The number of hydrogen-bond donors (Lipinski definition) is 4. The first kappa shape index (κ1) is 28.6. The van der Waals surface area contributed by atoms with Crippen molar-refractivity contribution in [1.82, 2.24) is 5.32 Å². The van der Waals surface area contributed by atoms with E-state index >= 15 is 0 Å². The van der Waals surface area contributed by atoms with Crippen LogP contribution in [-0.2, 0) is 21.7 Å². The summed E-state index contributed by atoms with van der Waals surface area (Å²) in [7, 11) is 6.55. The molecule has 1 aliphatic heterocycles. The Kier molecular flexibility index (Phi) is 10.2. The van der Waals surface area contributed by atoms with Crippen LogP contribution in [0.25, 0.3) is 21.9 Å². The first-order chi connectivity index (χ1) is 18.4. The zero-order valence-corrected chi connectivity index (χ0v) is 23.4. The number of aliphatic hydroxyl groups is 1. The van der Waals surface area contributed by atoms with Crippen molar-refractivity contribution in [3.63, 3.8) is 0 Å². The number of hydrogen-bond acceptors (Lipinski definition) is 9. The number of phenols is 2. The Balaban J connectivity index is 1.80. The van der Waals surface area contributed by atoms with Crippen molar-refractivity contribution in [1.29, 1.82) is 0 Å². The summed E-state index contributed by atoms with van der Waals surface area (Å²) in [5.74, 6) is 1.80. The molecule has 204 valence electrons. The van der Waals surface area contributed by atoms with Gasteiger partial charge in [-0.05, 0) is 72.0 Å². The van der Waals surface area contributed by atoms with Crippen molar-refractivity contribution >= 4 is 38.1 Å². The van der Waals surface area contributed by atoms with Crippen LogP contribution in [0.15, 0.2) is 42.5 Å². The Labute approximate surface area is 231 Å². The average molecular weight is 558 g/mol. The number of ketones is 1. The fourth-order valence-electron chi connectivity index (χ4n) is 4.85. The fourth-order valence-corrected chi connectivity index (χ4v) is 7.14. The quantitative estimate of drug-likeness (QED) is 0.247. The molecule has 4 rings (SSSR count). The molecule has 9 heteroatoms. The molecule has 0 radical (unpaired) electrons. The van der Waals surface area contributed by atoms with E-state index in [0.29, 0.717) is 49.7 Å². The molecule has 0 aromatic heterocycles. The topological polar surface area (TPSA) is 108 Å². The van der Waals surface area contributed by atoms with Gasteiger partial charge in [0.25, 0.3) is 0 Å². The zero-order chi connectivity index (χ0) is 27.1. The number of aromatic hydroxyl groups is 2. The van der Waals surface area contributed by atoms with Gasteiger partial charge in [0.2, 0.25) is 0 Å². The van der Waals surface area contributed by atoms with Gasteiger partial charge in [-0.1, -0.05) is 45.9 Å². The van der Waals surface area contributed by atoms with Gasteiger partial charge in [0.05, 0.1) is 26.0 Å². The molecule has 0 bridgehead atoms. The van der Waals surface area contributed by atoms with Crippen LogP contribution >= 0.6 is 21.6 Å². The maximum atomic E-state index is 13.0. The van der Waals surface area contributed by atoms with E-state index in [1.165, 1.54) is 7.11 Å². The lowest BCUT2D eigenvalue weighted by Crippen LogP contribution is -2.25. The second-order valence-corrected chi connectivity index (χ2v) is 12.0. The molecule has 3 aromatic rings. The molecular weight excluding hydrogens is 522 g/mol. The van der Waals surface area contributed by atoms with Crippen LogP contribution in [0.2, 0.25) is 0 Å². The molecule has 4 N–H and O–H groups in total. The van der Waals surface area contributed by atoms with E-state index in [1.807, 2.05) is 24.3 Å². The van der Waals surface area contributed by atoms with Crippen molar-refractivity contribution < 1.29 is 29.6 Å². The number of fused-ring (bicyclic) bond motifs is 5. The lowest BCUT2D eigenvalue weighted by Gasteiger charge is -2.21. The number of aliphatic hydroxyl groups excluding tert-OH is 1. The number of carbonyl (C=O) groups excluding carboxylic acids is 1. The van der Waals surface area contributed by atoms with Crippen LogP contribution in [0.3, 0.4) is 0 Å². The predicted octanol–water partition coefficient (Wildman–Crippen LogP) is 5.42. The summed E-state index contributed by atoms with van der Waals surface area (Å²) in [6, 6.07) is 12.8. The van der Waals surface area contributed by atoms with E-state index in [0.717, 1.165) is 33.0 Å². The van der Waals surface area contributed by atoms with Gasteiger partial charge < -0.3 is 24.8 Å². The van der Waals surface area contributed by atoms with E-state index in [2.05, 4.69) is 5.32 Å². The average Bonchev–Trinajstić information content (AvgIpc) is 2.91. The number of Topliss-reactive ketones (excluding diaryl/α,β-unsaturated/α-hetero) is 1. The summed E-state index contributed by atoms with van der Waals surface area (Å²) in [4.78, 5) is 13.0. The highest BCUT2D eigenvalue weighted by Crippen LogP contribution is 2.45. The first-order valence-electron chi connectivity index (χ1n) is 12.8. The first-order valence-corrected chi connectivity index (χ1v) is 15.2. The summed E-state index contributed by atoms with van der Waals surface area (Å²) in [6.07, 6.45) is 1.46. The Morgan fingerprint density at radius 1 is 1.05 bits per heavy atom. The molecule has 0 saturated heterocycles. The number of ether oxygens (including phenoxy) is 2. The van der Waals surface area contributed by atoms with Gasteiger partial charge in [0.15, 0.2) is 11.5 Å².